The highest BCUT2D eigenvalue weighted by atomic mass is 19.1. The van der Waals surface area contributed by atoms with Crippen molar-refractivity contribution in [2.75, 3.05) is 19.8 Å². The van der Waals surface area contributed by atoms with Gasteiger partial charge in [0.1, 0.15) is 12.4 Å². The van der Waals surface area contributed by atoms with Crippen LogP contribution in [0.15, 0.2) is 18.2 Å². The summed E-state index contributed by atoms with van der Waals surface area (Å²) in [5.41, 5.74) is 6.45. The monoisotopic (exact) mass is 254 g/mol. The number of carbonyl (C=O) groups excluding carboxylic acids is 1. The summed E-state index contributed by atoms with van der Waals surface area (Å²) in [5.74, 6) is -0.685. The minimum absolute atomic E-state index is 0.0253. The number of hydrogen-bond acceptors (Lipinski definition) is 3. The second-order valence-electron chi connectivity index (χ2n) is 4.20. The minimum atomic E-state index is -0.483. The molecule has 1 rings (SSSR count). The lowest BCUT2D eigenvalue weighted by molar-refractivity contribution is -0.122. The summed E-state index contributed by atoms with van der Waals surface area (Å²) < 4.78 is 18.4. The number of carbonyl (C=O) groups is 1. The largest absolute Gasteiger partial charge is 0.370 e. The molecule has 1 atom stereocenters. The second-order valence-corrected chi connectivity index (χ2v) is 4.20. The van der Waals surface area contributed by atoms with Crippen molar-refractivity contribution in [1.29, 1.82) is 0 Å². The van der Waals surface area contributed by atoms with Crippen molar-refractivity contribution in [2.24, 2.45) is 5.73 Å². The zero-order chi connectivity index (χ0) is 13.5. The number of aryl methyl sites for hydroxylation is 1. The highest BCUT2D eigenvalue weighted by molar-refractivity contribution is 5.74. The van der Waals surface area contributed by atoms with Crippen molar-refractivity contribution in [3.63, 3.8) is 0 Å². The topological polar surface area (TPSA) is 64.3 Å². The standard InChI is InChI=1S/C13H19FN2O2/c1-9-3-4-11(7-12(9)14)10(2)16-5-6-18-8-13(15)17/h3-4,7,10,16H,5-6,8H2,1-2H3,(H2,15,17). The Morgan fingerprint density at radius 2 is 2.28 bits per heavy atom. The van der Waals surface area contributed by atoms with Gasteiger partial charge in [-0.1, -0.05) is 12.1 Å². The van der Waals surface area contributed by atoms with Crippen LogP contribution in [-0.2, 0) is 9.53 Å². The third-order valence-electron chi connectivity index (χ3n) is 2.64. The van der Waals surface area contributed by atoms with Gasteiger partial charge in [0.2, 0.25) is 5.91 Å². The van der Waals surface area contributed by atoms with Gasteiger partial charge in [0.15, 0.2) is 0 Å². The molecule has 0 saturated heterocycles. The van der Waals surface area contributed by atoms with Crippen LogP contribution in [-0.4, -0.2) is 25.7 Å². The third-order valence-corrected chi connectivity index (χ3v) is 2.64. The Bertz CT molecular complexity index is 410. The van der Waals surface area contributed by atoms with Gasteiger partial charge in [-0.15, -0.1) is 0 Å². The van der Waals surface area contributed by atoms with Gasteiger partial charge in [-0.25, -0.2) is 4.39 Å². The molecule has 5 heteroatoms. The maximum atomic E-state index is 13.4. The molecule has 0 fully saturated rings. The van der Waals surface area contributed by atoms with Gasteiger partial charge in [-0.05, 0) is 31.0 Å². The van der Waals surface area contributed by atoms with E-state index >= 15 is 0 Å². The first kappa shape index (κ1) is 14.6. The van der Waals surface area contributed by atoms with Crippen LogP contribution in [0.3, 0.4) is 0 Å². The van der Waals surface area contributed by atoms with Crippen LogP contribution in [0.5, 0.6) is 0 Å². The zero-order valence-corrected chi connectivity index (χ0v) is 10.7. The van der Waals surface area contributed by atoms with Gasteiger partial charge in [0, 0.05) is 12.6 Å². The van der Waals surface area contributed by atoms with Crippen LogP contribution >= 0.6 is 0 Å². The lowest BCUT2D eigenvalue weighted by atomic mass is 10.1. The molecule has 1 amide bonds. The molecule has 0 bridgehead atoms. The Morgan fingerprint density at radius 1 is 1.56 bits per heavy atom. The molecule has 1 aromatic carbocycles. The molecule has 4 nitrogen and oxygen atoms in total. The molecular formula is C13H19FN2O2. The summed E-state index contributed by atoms with van der Waals surface area (Å²) in [6.07, 6.45) is 0. The van der Waals surface area contributed by atoms with Crippen LogP contribution < -0.4 is 11.1 Å². The lowest BCUT2D eigenvalue weighted by Gasteiger charge is -2.14. The summed E-state index contributed by atoms with van der Waals surface area (Å²) in [6.45, 7) is 4.56. The van der Waals surface area contributed by atoms with Crippen LogP contribution in [0.2, 0.25) is 0 Å². The molecule has 1 unspecified atom stereocenters. The van der Waals surface area contributed by atoms with Crippen molar-refractivity contribution in [3.8, 4) is 0 Å². The third kappa shape index (κ3) is 4.81. The summed E-state index contributed by atoms with van der Waals surface area (Å²) in [6, 6.07) is 5.20. The Labute approximate surface area is 106 Å². The van der Waals surface area contributed by atoms with E-state index in [1.807, 2.05) is 13.0 Å². The SMILES string of the molecule is Cc1ccc(C(C)NCCOCC(N)=O)cc1F. The average Bonchev–Trinajstić information content (AvgIpc) is 2.31. The summed E-state index contributed by atoms with van der Waals surface area (Å²) in [5, 5.41) is 3.18. The molecule has 0 heterocycles. The Kier molecular flexibility index (Phi) is 5.74. The van der Waals surface area contributed by atoms with Crippen molar-refractivity contribution in [2.45, 2.75) is 19.9 Å². The minimum Gasteiger partial charge on any atom is -0.370 e. The highest BCUT2D eigenvalue weighted by Crippen LogP contribution is 2.15. The molecule has 18 heavy (non-hydrogen) atoms. The van der Waals surface area contributed by atoms with E-state index in [-0.39, 0.29) is 18.5 Å². The van der Waals surface area contributed by atoms with E-state index in [2.05, 4.69) is 5.32 Å². The van der Waals surface area contributed by atoms with E-state index in [1.165, 1.54) is 6.07 Å². The molecule has 100 valence electrons. The number of benzene rings is 1. The second kappa shape index (κ2) is 7.08. The number of nitrogens with one attached hydrogen (secondary N) is 1. The van der Waals surface area contributed by atoms with Crippen LogP contribution in [0.25, 0.3) is 0 Å². The molecule has 0 aliphatic carbocycles. The van der Waals surface area contributed by atoms with E-state index in [9.17, 15) is 9.18 Å². The quantitative estimate of drug-likeness (QED) is 0.721. The van der Waals surface area contributed by atoms with Gasteiger partial charge in [-0.3, -0.25) is 4.79 Å². The Hall–Kier alpha value is -1.46. The number of ether oxygens (including phenoxy) is 1. The molecule has 0 saturated carbocycles. The molecule has 0 radical (unpaired) electrons. The normalized spacial score (nSPS) is 12.4. The van der Waals surface area contributed by atoms with Crippen molar-refractivity contribution in [1.82, 2.24) is 5.32 Å². The molecule has 0 spiro atoms. The number of hydrogen-bond donors (Lipinski definition) is 2. The highest BCUT2D eigenvalue weighted by Gasteiger charge is 2.06. The fourth-order valence-electron chi connectivity index (χ4n) is 1.52. The van der Waals surface area contributed by atoms with E-state index < -0.39 is 5.91 Å². The molecule has 0 aromatic heterocycles. The number of rotatable bonds is 7. The molecule has 3 N–H and O–H groups in total. The van der Waals surface area contributed by atoms with Gasteiger partial charge < -0.3 is 15.8 Å². The van der Waals surface area contributed by atoms with E-state index in [0.717, 1.165) is 5.56 Å². The number of primary amides is 1. The predicted molar refractivity (Wildman–Crippen MR) is 67.6 cm³/mol. The number of halogens is 1. The van der Waals surface area contributed by atoms with Crippen molar-refractivity contribution in [3.05, 3.63) is 35.1 Å². The number of nitrogens with two attached hydrogens (primary N) is 1. The lowest BCUT2D eigenvalue weighted by Crippen LogP contribution is -2.26. The van der Waals surface area contributed by atoms with Gasteiger partial charge >= 0.3 is 0 Å². The van der Waals surface area contributed by atoms with Crippen LogP contribution in [0.4, 0.5) is 4.39 Å². The van der Waals surface area contributed by atoms with Gasteiger partial charge in [0.25, 0.3) is 0 Å². The molecule has 1 aromatic rings. The summed E-state index contributed by atoms with van der Waals surface area (Å²) in [7, 11) is 0. The first-order valence-electron chi connectivity index (χ1n) is 5.86. The van der Waals surface area contributed by atoms with E-state index in [0.29, 0.717) is 18.7 Å². The Morgan fingerprint density at radius 3 is 2.89 bits per heavy atom. The molecule has 0 aliphatic rings. The van der Waals surface area contributed by atoms with Gasteiger partial charge in [0.05, 0.1) is 6.61 Å². The Balaban J connectivity index is 2.34. The van der Waals surface area contributed by atoms with Gasteiger partial charge in [-0.2, -0.15) is 0 Å². The maximum absolute atomic E-state index is 13.4. The fourth-order valence-corrected chi connectivity index (χ4v) is 1.52. The average molecular weight is 254 g/mol. The molecular weight excluding hydrogens is 235 g/mol. The maximum Gasteiger partial charge on any atom is 0.243 e. The smallest absolute Gasteiger partial charge is 0.243 e. The van der Waals surface area contributed by atoms with Crippen LogP contribution in [0.1, 0.15) is 24.1 Å². The predicted octanol–water partition coefficient (Wildman–Crippen LogP) is 1.29. The van der Waals surface area contributed by atoms with Crippen LogP contribution in [0, 0.1) is 12.7 Å². The molecule has 0 aliphatic heterocycles. The van der Waals surface area contributed by atoms with E-state index in [4.69, 9.17) is 10.5 Å². The van der Waals surface area contributed by atoms with E-state index in [1.54, 1.807) is 13.0 Å². The van der Waals surface area contributed by atoms with Crippen molar-refractivity contribution >= 4 is 5.91 Å². The first-order valence-corrected chi connectivity index (χ1v) is 5.86. The first-order chi connectivity index (χ1) is 8.50. The van der Waals surface area contributed by atoms with Crippen molar-refractivity contribution < 1.29 is 13.9 Å². The fraction of sp³-hybridized carbons (Fsp3) is 0.462. The zero-order valence-electron chi connectivity index (χ0n) is 10.7. The summed E-state index contributed by atoms with van der Waals surface area (Å²) in [4.78, 5) is 10.4. The summed E-state index contributed by atoms with van der Waals surface area (Å²) >= 11 is 0. The number of amides is 1.